The molecule has 1 atom stereocenters. The van der Waals surface area contributed by atoms with Crippen molar-refractivity contribution in [1.82, 2.24) is 10.2 Å². The predicted molar refractivity (Wildman–Crippen MR) is 178 cm³/mol. The van der Waals surface area contributed by atoms with Gasteiger partial charge in [0, 0.05) is 30.6 Å². The Kier molecular flexibility index (Phi) is 11.2. The lowest BCUT2D eigenvalue weighted by Gasteiger charge is -2.34. The van der Waals surface area contributed by atoms with E-state index in [0.29, 0.717) is 5.75 Å². The largest absolute Gasteiger partial charge is 0.497 e. The van der Waals surface area contributed by atoms with Gasteiger partial charge < -0.3 is 19.7 Å². The number of nitrogens with zero attached hydrogens (tertiary/aromatic N) is 2. The third-order valence-corrected chi connectivity index (χ3v) is 9.63. The first kappa shape index (κ1) is 33.5. The average Bonchev–Trinajstić information content (AvgIpc) is 3.05. The van der Waals surface area contributed by atoms with Crippen LogP contribution >= 0.6 is 15.9 Å². The van der Waals surface area contributed by atoms with E-state index in [0.717, 1.165) is 25.5 Å². The zero-order chi connectivity index (χ0) is 32.6. The number of hydrogen-bond donors (Lipinski definition) is 1. The van der Waals surface area contributed by atoms with Gasteiger partial charge in [0.15, 0.2) is 0 Å². The van der Waals surface area contributed by atoms with Crippen LogP contribution in [0.3, 0.4) is 0 Å². The van der Waals surface area contributed by atoms with Crippen LogP contribution < -0.4 is 19.1 Å². The minimum absolute atomic E-state index is 0.00244. The van der Waals surface area contributed by atoms with Gasteiger partial charge in [0.25, 0.3) is 10.0 Å². The summed E-state index contributed by atoms with van der Waals surface area (Å²) in [6.07, 6.45) is 0.218. The molecule has 0 heterocycles. The molecule has 2 amide bonds. The molecule has 0 saturated carbocycles. The predicted octanol–water partition coefficient (Wildman–Crippen LogP) is 5.36. The fraction of sp³-hybridized carbons (Fsp3) is 0.235. The van der Waals surface area contributed by atoms with Crippen LogP contribution in [-0.4, -0.2) is 59.0 Å². The number of ether oxygens (including phenoxy) is 2. The number of carbonyl (C=O) groups is 2. The molecule has 236 valence electrons. The number of aryl methyl sites for hydroxylation is 1. The molecule has 0 unspecified atom stereocenters. The van der Waals surface area contributed by atoms with Gasteiger partial charge in [0.1, 0.15) is 24.1 Å². The molecule has 0 radical (unpaired) electrons. The van der Waals surface area contributed by atoms with Crippen molar-refractivity contribution >= 4 is 43.5 Å². The van der Waals surface area contributed by atoms with Gasteiger partial charge in [-0.2, -0.15) is 0 Å². The van der Waals surface area contributed by atoms with Crippen molar-refractivity contribution in [3.05, 3.63) is 118 Å². The molecule has 0 spiro atoms. The maximum absolute atomic E-state index is 14.5. The molecular formula is C34H36BrN3O6S. The van der Waals surface area contributed by atoms with E-state index in [1.165, 1.54) is 44.4 Å². The van der Waals surface area contributed by atoms with Crippen LogP contribution in [0.2, 0.25) is 0 Å². The molecule has 11 heteroatoms. The number of nitrogens with one attached hydrogen (secondary N) is 1. The number of anilines is 1. The second kappa shape index (κ2) is 15.1. The molecule has 1 N–H and O–H groups in total. The van der Waals surface area contributed by atoms with Gasteiger partial charge >= 0.3 is 0 Å². The summed E-state index contributed by atoms with van der Waals surface area (Å²) >= 11 is 3.44. The maximum atomic E-state index is 14.5. The first-order valence-corrected chi connectivity index (χ1v) is 16.4. The Morgan fingerprint density at radius 3 is 2.13 bits per heavy atom. The number of benzene rings is 4. The first-order valence-electron chi connectivity index (χ1n) is 14.2. The molecule has 4 rings (SSSR count). The molecule has 0 saturated heterocycles. The summed E-state index contributed by atoms with van der Waals surface area (Å²) in [4.78, 5) is 29.3. The molecule has 0 aliphatic carbocycles. The maximum Gasteiger partial charge on any atom is 0.264 e. The van der Waals surface area contributed by atoms with Crippen LogP contribution in [0, 0.1) is 6.92 Å². The molecule has 45 heavy (non-hydrogen) atoms. The molecule has 9 nitrogen and oxygen atoms in total. The second-order valence-electron chi connectivity index (χ2n) is 10.3. The van der Waals surface area contributed by atoms with Gasteiger partial charge in [0.2, 0.25) is 11.8 Å². The minimum atomic E-state index is -4.30. The third kappa shape index (κ3) is 8.23. The van der Waals surface area contributed by atoms with E-state index in [-0.39, 0.29) is 35.2 Å². The van der Waals surface area contributed by atoms with E-state index in [9.17, 15) is 18.0 Å². The quantitative estimate of drug-likeness (QED) is 0.202. The number of carbonyl (C=O) groups excluding carboxylic acids is 2. The van der Waals surface area contributed by atoms with Crippen LogP contribution in [0.25, 0.3) is 0 Å². The average molecular weight is 695 g/mol. The van der Waals surface area contributed by atoms with Crippen molar-refractivity contribution in [2.24, 2.45) is 0 Å². The number of sulfonamides is 1. The van der Waals surface area contributed by atoms with E-state index in [4.69, 9.17) is 9.47 Å². The summed E-state index contributed by atoms with van der Waals surface area (Å²) < 4.78 is 41.4. The Balaban J connectivity index is 1.85. The summed E-state index contributed by atoms with van der Waals surface area (Å²) in [5.74, 6) is -0.355. The van der Waals surface area contributed by atoms with Crippen molar-refractivity contribution in [2.75, 3.05) is 32.1 Å². The lowest BCUT2D eigenvalue weighted by molar-refractivity contribution is -0.139. The Morgan fingerprint density at radius 1 is 0.867 bits per heavy atom. The van der Waals surface area contributed by atoms with Crippen molar-refractivity contribution in [3.63, 3.8) is 0 Å². The number of halogens is 1. The topological polar surface area (TPSA) is 105 Å². The fourth-order valence-electron chi connectivity index (χ4n) is 4.85. The van der Waals surface area contributed by atoms with Gasteiger partial charge in [-0.1, -0.05) is 76.1 Å². The first-order chi connectivity index (χ1) is 21.6. The van der Waals surface area contributed by atoms with Crippen LogP contribution in [-0.2, 0) is 32.6 Å². The zero-order valence-corrected chi connectivity index (χ0v) is 28.0. The molecule has 4 aromatic carbocycles. The highest BCUT2D eigenvalue weighted by molar-refractivity contribution is 9.10. The lowest BCUT2D eigenvalue weighted by atomic mass is 10.0. The van der Waals surface area contributed by atoms with Crippen molar-refractivity contribution in [3.8, 4) is 11.5 Å². The molecule has 0 fully saturated rings. The number of amides is 2. The highest BCUT2D eigenvalue weighted by atomic mass is 79.9. The van der Waals surface area contributed by atoms with E-state index in [2.05, 4.69) is 21.2 Å². The Labute approximate surface area is 273 Å². The van der Waals surface area contributed by atoms with Gasteiger partial charge in [-0.05, 0) is 54.4 Å². The standard InChI is InChI=1S/C34H36BrN3O6S/c1-24-10-17-29(18-11-24)45(41,42)38(30-21-28(43-3)16-19-32(30)44-4)23-33(39)37(22-26-12-14-27(35)15-13-26)31(34(40)36-2)20-25-8-6-5-7-9-25/h5-19,21,31H,20,22-23H2,1-4H3,(H,36,40)/t31-/m1/s1. The second-order valence-corrected chi connectivity index (χ2v) is 13.1. The highest BCUT2D eigenvalue weighted by Crippen LogP contribution is 2.36. The number of hydrogen-bond acceptors (Lipinski definition) is 6. The summed E-state index contributed by atoms with van der Waals surface area (Å²) in [5.41, 5.74) is 2.61. The number of likely N-dealkylation sites (N-methyl/N-ethyl adjacent to an activating group) is 1. The van der Waals surface area contributed by atoms with Crippen molar-refractivity contribution in [2.45, 2.75) is 30.8 Å². The van der Waals surface area contributed by atoms with Crippen LogP contribution in [0.1, 0.15) is 16.7 Å². The molecule has 4 aromatic rings. The zero-order valence-electron chi connectivity index (χ0n) is 25.6. The SMILES string of the molecule is CNC(=O)[C@@H](Cc1ccccc1)N(Cc1ccc(Br)cc1)C(=O)CN(c1cc(OC)ccc1OC)S(=O)(=O)c1ccc(C)cc1. The van der Waals surface area contributed by atoms with Gasteiger partial charge in [-0.25, -0.2) is 8.42 Å². The molecule has 0 aliphatic rings. The smallest absolute Gasteiger partial charge is 0.264 e. The fourth-order valence-corrected chi connectivity index (χ4v) is 6.53. The van der Waals surface area contributed by atoms with Crippen molar-refractivity contribution < 1.29 is 27.5 Å². The molecular weight excluding hydrogens is 658 g/mol. The van der Waals surface area contributed by atoms with E-state index in [1.807, 2.05) is 61.5 Å². The highest BCUT2D eigenvalue weighted by Gasteiger charge is 2.35. The Bertz CT molecular complexity index is 1720. The minimum Gasteiger partial charge on any atom is -0.497 e. The van der Waals surface area contributed by atoms with Crippen LogP contribution in [0.15, 0.2) is 106 Å². The monoisotopic (exact) mass is 693 g/mol. The van der Waals surface area contributed by atoms with Crippen molar-refractivity contribution in [1.29, 1.82) is 0 Å². The van der Waals surface area contributed by atoms with Gasteiger partial charge in [-0.3, -0.25) is 13.9 Å². The van der Waals surface area contributed by atoms with Crippen LogP contribution in [0.4, 0.5) is 5.69 Å². The number of rotatable bonds is 13. The molecule has 0 aliphatic heterocycles. The van der Waals surface area contributed by atoms with E-state index < -0.39 is 28.5 Å². The summed E-state index contributed by atoms with van der Waals surface area (Å²) in [6.45, 7) is 1.30. The van der Waals surface area contributed by atoms with Gasteiger partial charge in [-0.15, -0.1) is 0 Å². The summed E-state index contributed by atoms with van der Waals surface area (Å²) in [5, 5.41) is 2.69. The number of methoxy groups -OCH3 is 2. The molecule has 0 bridgehead atoms. The normalized spacial score (nSPS) is 11.8. The lowest BCUT2D eigenvalue weighted by Crippen LogP contribution is -2.53. The van der Waals surface area contributed by atoms with E-state index >= 15 is 0 Å². The van der Waals surface area contributed by atoms with Gasteiger partial charge in [0.05, 0.1) is 24.8 Å². The Morgan fingerprint density at radius 2 is 1.53 bits per heavy atom. The summed E-state index contributed by atoms with van der Waals surface area (Å²) in [6, 6.07) is 26.9. The van der Waals surface area contributed by atoms with Crippen LogP contribution in [0.5, 0.6) is 11.5 Å². The Hall–Kier alpha value is -4.35. The summed E-state index contributed by atoms with van der Waals surface area (Å²) in [7, 11) is 0.0965. The molecule has 0 aromatic heterocycles. The third-order valence-electron chi connectivity index (χ3n) is 7.33. The van der Waals surface area contributed by atoms with E-state index in [1.54, 1.807) is 24.3 Å².